The predicted molar refractivity (Wildman–Crippen MR) is 87.7 cm³/mol. The first kappa shape index (κ1) is 18.2. The minimum absolute atomic E-state index is 0.122. The standard InChI is InChI=1S/C18H20O8/c1-18(2)24-9-13(26-18)15-16(14(20)17(21)25-15)23-8-12(19)10-4-6-11(22-3)7-5-10/h4-7,13,15,20H,8-9H2,1-3H3/t13-,15+/m1/s1. The van der Waals surface area contributed by atoms with Gasteiger partial charge in [0.2, 0.25) is 5.76 Å². The van der Waals surface area contributed by atoms with Crippen LogP contribution >= 0.6 is 0 Å². The van der Waals surface area contributed by atoms with Crippen molar-refractivity contribution in [1.29, 1.82) is 0 Å². The van der Waals surface area contributed by atoms with Crippen LogP contribution in [0.2, 0.25) is 0 Å². The average molecular weight is 364 g/mol. The van der Waals surface area contributed by atoms with Gasteiger partial charge in [0.25, 0.3) is 0 Å². The number of esters is 1. The number of rotatable bonds is 6. The highest BCUT2D eigenvalue weighted by Crippen LogP contribution is 2.33. The number of hydrogen-bond acceptors (Lipinski definition) is 8. The van der Waals surface area contributed by atoms with Gasteiger partial charge in [-0.05, 0) is 38.1 Å². The maximum absolute atomic E-state index is 12.3. The zero-order valence-corrected chi connectivity index (χ0v) is 14.7. The summed E-state index contributed by atoms with van der Waals surface area (Å²) >= 11 is 0. The molecule has 140 valence electrons. The van der Waals surface area contributed by atoms with Gasteiger partial charge < -0.3 is 28.8 Å². The molecule has 1 aromatic carbocycles. The molecule has 1 N–H and O–H groups in total. The van der Waals surface area contributed by atoms with Crippen LogP contribution in [0, 0.1) is 0 Å². The lowest BCUT2D eigenvalue weighted by Crippen LogP contribution is -2.33. The van der Waals surface area contributed by atoms with Crippen molar-refractivity contribution < 1.29 is 38.4 Å². The maximum atomic E-state index is 12.3. The van der Waals surface area contributed by atoms with Gasteiger partial charge in [-0.2, -0.15) is 0 Å². The van der Waals surface area contributed by atoms with Crippen LogP contribution in [0.4, 0.5) is 0 Å². The van der Waals surface area contributed by atoms with Crippen LogP contribution < -0.4 is 4.74 Å². The van der Waals surface area contributed by atoms with Crippen molar-refractivity contribution in [2.75, 3.05) is 20.3 Å². The van der Waals surface area contributed by atoms with Crippen LogP contribution in [0.3, 0.4) is 0 Å². The SMILES string of the molecule is COc1ccc(C(=O)COC2=C(O)C(=O)O[C@H]2[C@H]2COC(C)(C)O2)cc1. The summed E-state index contributed by atoms with van der Waals surface area (Å²) in [7, 11) is 1.53. The van der Waals surface area contributed by atoms with Gasteiger partial charge in [0.05, 0.1) is 13.7 Å². The average Bonchev–Trinajstić information content (AvgIpc) is 3.12. The van der Waals surface area contributed by atoms with E-state index in [-0.39, 0.29) is 24.8 Å². The van der Waals surface area contributed by atoms with Crippen LogP contribution in [-0.2, 0) is 23.7 Å². The van der Waals surface area contributed by atoms with Crippen LogP contribution in [0.15, 0.2) is 35.8 Å². The molecule has 8 heteroatoms. The fourth-order valence-corrected chi connectivity index (χ4v) is 2.72. The lowest BCUT2D eigenvalue weighted by Gasteiger charge is -2.21. The summed E-state index contributed by atoms with van der Waals surface area (Å²) in [5.74, 6) is -2.24. The Balaban J connectivity index is 1.68. The number of carbonyl (C=O) groups is 2. The molecule has 0 saturated carbocycles. The third-order valence-corrected chi connectivity index (χ3v) is 4.06. The summed E-state index contributed by atoms with van der Waals surface area (Å²) < 4.78 is 26.7. The Labute approximate surface area is 150 Å². The molecule has 2 heterocycles. The molecule has 1 saturated heterocycles. The third kappa shape index (κ3) is 3.66. The number of hydrogen-bond donors (Lipinski definition) is 1. The number of Topliss-reactive ketones (excluding diaryl/α,β-unsaturated/α-hetero) is 1. The quantitative estimate of drug-likeness (QED) is 0.602. The lowest BCUT2D eigenvalue weighted by molar-refractivity contribution is -0.163. The summed E-state index contributed by atoms with van der Waals surface area (Å²) in [5, 5.41) is 9.93. The summed E-state index contributed by atoms with van der Waals surface area (Å²) in [6, 6.07) is 6.51. The van der Waals surface area contributed by atoms with Crippen LogP contribution in [-0.4, -0.2) is 55.2 Å². The minimum Gasteiger partial charge on any atom is -0.499 e. The highest BCUT2D eigenvalue weighted by molar-refractivity contribution is 5.97. The molecule has 0 aliphatic carbocycles. The highest BCUT2D eigenvalue weighted by atomic mass is 16.8. The normalized spacial score (nSPS) is 24.5. The number of benzene rings is 1. The summed E-state index contributed by atoms with van der Waals surface area (Å²) in [5.41, 5.74) is 0.411. The number of cyclic esters (lactones) is 1. The zero-order chi connectivity index (χ0) is 18.9. The Morgan fingerprint density at radius 1 is 1.31 bits per heavy atom. The van der Waals surface area contributed by atoms with Crippen molar-refractivity contribution in [2.45, 2.75) is 31.8 Å². The number of aliphatic hydroxyl groups is 1. The van der Waals surface area contributed by atoms with Crippen molar-refractivity contribution in [2.24, 2.45) is 0 Å². The first-order chi connectivity index (χ1) is 12.3. The van der Waals surface area contributed by atoms with Crippen LogP contribution in [0.1, 0.15) is 24.2 Å². The molecule has 0 radical (unpaired) electrons. The summed E-state index contributed by atoms with van der Waals surface area (Å²) in [6.45, 7) is 3.25. The molecule has 0 unspecified atom stereocenters. The van der Waals surface area contributed by atoms with E-state index in [4.69, 9.17) is 23.7 Å². The second kappa shape index (κ2) is 6.97. The number of ketones is 1. The lowest BCUT2D eigenvalue weighted by atomic mass is 10.1. The van der Waals surface area contributed by atoms with Crippen molar-refractivity contribution in [3.63, 3.8) is 0 Å². The van der Waals surface area contributed by atoms with E-state index >= 15 is 0 Å². The zero-order valence-electron chi connectivity index (χ0n) is 14.7. The number of methoxy groups -OCH3 is 1. The van der Waals surface area contributed by atoms with E-state index in [1.807, 2.05) is 0 Å². The van der Waals surface area contributed by atoms with Gasteiger partial charge >= 0.3 is 5.97 Å². The Hall–Kier alpha value is -2.58. The van der Waals surface area contributed by atoms with E-state index in [2.05, 4.69) is 0 Å². The molecular weight excluding hydrogens is 344 g/mol. The molecule has 0 aromatic heterocycles. The van der Waals surface area contributed by atoms with Crippen molar-refractivity contribution in [3.05, 3.63) is 41.3 Å². The molecule has 1 aromatic rings. The van der Waals surface area contributed by atoms with Gasteiger partial charge in [0.15, 0.2) is 30.0 Å². The first-order valence-electron chi connectivity index (χ1n) is 8.06. The van der Waals surface area contributed by atoms with Gasteiger partial charge in [0.1, 0.15) is 11.9 Å². The Bertz CT molecular complexity index is 734. The molecule has 2 aliphatic heterocycles. The smallest absolute Gasteiger partial charge is 0.378 e. The van der Waals surface area contributed by atoms with E-state index in [9.17, 15) is 14.7 Å². The number of ether oxygens (including phenoxy) is 5. The van der Waals surface area contributed by atoms with E-state index in [1.54, 1.807) is 38.1 Å². The molecule has 8 nitrogen and oxygen atoms in total. The van der Waals surface area contributed by atoms with Crippen molar-refractivity contribution in [1.82, 2.24) is 0 Å². The molecular formula is C18H20O8. The van der Waals surface area contributed by atoms with E-state index in [0.717, 1.165) is 0 Å². The second-order valence-corrected chi connectivity index (χ2v) is 6.35. The molecule has 2 aliphatic rings. The monoisotopic (exact) mass is 364 g/mol. The molecule has 1 fully saturated rings. The molecule has 3 rings (SSSR count). The van der Waals surface area contributed by atoms with E-state index < -0.39 is 29.7 Å². The van der Waals surface area contributed by atoms with E-state index in [1.165, 1.54) is 7.11 Å². The van der Waals surface area contributed by atoms with Crippen LogP contribution in [0.25, 0.3) is 0 Å². The number of carbonyl (C=O) groups excluding carboxylic acids is 2. The van der Waals surface area contributed by atoms with Gasteiger partial charge in [-0.1, -0.05) is 0 Å². The molecule has 2 atom stereocenters. The fraction of sp³-hybridized carbons (Fsp3) is 0.444. The largest absolute Gasteiger partial charge is 0.499 e. The summed E-state index contributed by atoms with van der Waals surface area (Å²) in [6.07, 6.45) is -1.60. The number of aliphatic hydroxyl groups excluding tert-OH is 1. The molecule has 26 heavy (non-hydrogen) atoms. The summed E-state index contributed by atoms with van der Waals surface area (Å²) in [4.78, 5) is 24.0. The van der Waals surface area contributed by atoms with E-state index in [0.29, 0.717) is 11.3 Å². The van der Waals surface area contributed by atoms with Crippen molar-refractivity contribution in [3.8, 4) is 5.75 Å². The topological polar surface area (TPSA) is 101 Å². The van der Waals surface area contributed by atoms with Gasteiger partial charge in [0, 0.05) is 5.56 Å². The van der Waals surface area contributed by atoms with Gasteiger partial charge in [-0.25, -0.2) is 4.79 Å². The van der Waals surface area contributed by atoms with Gasteiger partial charge in [-0.15, -0.1) is 0 Å². The van der Waals surface area contributed by atoms with Crippen molar-refractivity contribution >= 4 is 11.8 Å². The fourth-order valence-electron chi connectivity index (χ4n) is 2.72. The Kier molecular flexibility index (Phi) is 4.88. The van der Waals surface area contributed by atoms with Crippen LogP contribution in [0.5, 0.6) is 5.75 Å². The molecule has 0 amide bonds. The molecule has 0 bridgehead atoms. The first-order valence-corrected chi connectivity index (χ1v) is 8.06. The predicted octanol–water partition coefficient (Wildman–Crippen LogP) is 1.74. The third-order valence-electron chi connectivity index (χ3n) is 4.06. The van der Waals surface area contributed by atoms with Gasteiger partial charge in [-0.3, -0.25) is 4.79 Å². The Morgan fingerprint density at radius 2 is 2.00 bits per heavy atom. The highest BCUT2D eigenvalue weighted by Gasteiger charge is 2.47. The Morgan fingerprint density at radius 3 is 2.58 bits per heavy atom. The second-order valence-electron chi connectivity index (χ2n) is 6.35. The minimum atomic E-state index is -0.965. The molecule has 0 spiro atoms. The maximum Gasteiger partial charge on any atom is 0.378 e.